The molecule has 1 N–H and O–H groups in total. The van der Waals surface area contributed by atoms with Crippen molar-refractivity contribution < 1.29 is 13.2 Å². The third kappa shape index (κ3) is 3.02. The van der Waals surface area contributed by atoms with E-state index in [0.29, 0.717) is 34.1 Å². The van der Waals surface area contributed by atoms with Crippen LogP contribution in [0.25, 0.3) is 0 Å². The molecule has 0 amide bonds. The van der Waals surface area contributed by atoms with Gasteiger partial charge in [-0.25, -0.2) is 8.42 Å². The molecule has 1 aromatic heterocycles. The molecule has 0 aliphatic carbocycles. The van der Waals surface area contributed by atoms with Gasteiger partial charge in [0.25, 0.3) is 0 Å². The molecular formula is C18H22ClN3O3S. The van der Waals surface area contributed by atoms with E-state index in [9.17, 15) is 8.42 Å². The van der Waals surface area contributed by atoms with Crippen LogP contribution < -0.4 is 4.74 Å². The summed E-state index contributed by atoms with van der Waals surface area (Å²) in [7, 11) is -3.55. The average molecular weight is 396 g/mol. The number of aromatic nitrogens is 2. The van der Waals surface area contributed by atoms with E-state index in [1.165, 1.54) is 0 Å². The topological polar surface area (TPSA) is 75.3 Å². The second kappa shape index (κ2) is 6.55. The standard InChI is InChI=1S/C18H22ClN3O3S/c1-11-18(12(2)21-20-11)26(23,24)22-14-5-6-15(22)10-17(9-14)25-16-7-3-13(19)4-8-16/h3-4,7-8,14-15,17H,5-6,9-10H2,1-2H3,(H,20,21)/t14-,15+,17?. The number of hydrogen-bond donors (Lipinski definition) is 1. The first-order valence-electron chi connectivity index (χ1n) is 8.83. The van der Waals surface area contributed by atoms with Gasteiger partial charge >= 0.3 is 0 Å². The molecular weight excluding hydrogens is 374 g/mol. The average Bonchev–Trinajstić information content (AvgIpc) is 3.07. The van der Waals surface area contributed by atoms with Gasteiger partial charge in [-0.2, -0.15) is 9.40 Å². The first-order valence-corrected chi connectivity index (χ1v) is 10.7. The van der Waals surface area contributed by atoms with E-state index >= 15 is 0 Å². The molecule has 3 atom stereocenters. The highest BCUT2D eigenvalue weighted by atomic mass is 35.5. The number of rotatable bonds is 4. The molecule has 0 saturated carbocycles. The summed E-state index contributed by atoms with van der Waals surface area (Å²) < 4.78 is 34.3. The minimum Gasteiger partial charge on any atom is -0.490 e. The Morgan fingerprint density at radius 3 is 2.31 bits per heavy atom. The van der Waals surface area contributed by atoms with Crippen LogP contribution in [0, 0.1) is 13.8 Å². The monoisotopic (exact) mass is 395 g/mol. The Balaban J connectivity index is 1.55. The zero-order valence-electron chi connectivity index (χ0n) is 14.8. The second-order valence-corrected chi connectivity index (χ2v) is 9.36. The molecule has 4 rings (SSSR count). The normalized spacial score (nSPS) is 26.2. The summed E-state index contributed by atoms with van der Waals surface area (Å²) in [5.74, 6) is 0.775. The summed E-state index contributed by atoms with van der Waals surface area (Å²) in [6.45, 7) is 3.49. The molecule has 1 aromatic carbocycles. The summed E-state index contributed by atoms with van der Waals surface area (Å²) >= 11 is 5.92. The van der Waals surface area contributed by atoms with Gasteiger partial charge in [0.05, 0.1) is 11.4 Å². The number of fused-ring (bicyclic) bond motifs is 2. The van der Waals surface area contributed by atoms with Crippen LogP contribution in [0.15, 0.2) is 29.2 Å². The molecule has 2 saturated heterocycles. The third-order valence-corrected chi connectivity index (χ3v) is 7.86. The maximum Gasteiger partial charge on any atom is 0.247 e. The Hall–Kier alpha value is -1.57. The van der Waals surface area contributed by atoms with Crippen LogP contribution in [0.1, 0.15) is 37.1 Å². The molecule has 0 spiro atoms. The van der Waals surface area contributed by atoms with E-state index in [4.69, 9.17) is 16.3 Å². The number of halogens is 1. The number of sulfonamides is 1. The largest absolute Gasteiger partial charge is 0.490 e. The Morgan fingerprint density at radius 2 is 1.77 bits per heavy atom. The van der Waals surface area contributed by atoms with Crippen LogP contribution in [0.5, 0.6) is 5.75 Å². The molecule has 2 bridgehead atoms. The van der Waals surface area contributed by atoms with E-state index < -0.39 is 10.0 Å². The van der Waals surface area contributed by atoms with E-state index in [1.807, 2.05) is 12.1 Å². The van der Waals surface area contributed by atoms with Crippen LogP contribution in [0.3, 0.4) is 0 Å². The third-order valence-electron chi connectivity index (χ3n) is 5.34. The lowest BCUT2D eigenvalue weighted by molar-refractivity contribution is 0.0956. The Labute approximate surface area is 158 Å². The van der Waals surface area contributed by atoms with Gasteiger partial charge in [0.1, 0.15) is 16.7 Å². The number of ether oxygens (including phenoxy) is 1. The van der Waals surface area contributed by atoms with Crippen LogP contribution in [0.4, 0.5) is 0 Å². The van der Waals surface area contributed by atoms with Gasteiger partial charge in [0, 0.05) is 29.9 Å². The fourth-order valence-corrected chi connectivity index (χ4v) is 6.66. The van der Waals surface area contributed by atoms with E-state index in [0.717, 1.165) is 18.6 Å². The fourth-order valence-electron chi connectivity index (χ4n) is 4.30. The molecule has 2 aromatic rings. The van der Waals surface area contributed by atoms with Gasteiger partial charge in [0.15, 0.2) is 0 Å². The molecule has 1 unspecified atom stereocenters. The van der Waals surface area contributed by atoms with Crippen molar-refractivity contribution in [3.8, 4) is 5.75 Å². The quantitative estimate of drug-likeness (QED) is 0.860. The highest BCUT2D eigenvalue weighted by Gasteiger charge is 2.48. The van der Waals surface area contributed by atoms with Crippen molar-refractivity contribution in [3.63, 3.8) is 0 Å². The number of benzene rings is 1. The van der Waals surface area contributed by atoms with Crippen molar-refractivity contribution in [1.82, 2.24) is 14.5 Å². The minimum atomic E-state index is -3.55. The smallest absolute Gasteiger partial charge is 0.247 e. The lowest BCUT2D eigenvalue weighted by atomic mass is 10.0. The molecule has 2 aliphatic rings. The van der Waals surface area contributed by atoms with Crippen LogP contribution in [-0.2, 0) is 10.0 Å². The van der Waals surface area contributed by atoms with E-state index in [-0.39, 0.29) is 18.2 Å². The number of H-pyrrole nitrogens is 1. The fraction of sp³-hybridized carbons (Fsp3) is 0.500. The first kappa shape index (κ1) is 17.8. The molecule has 2 aliphatic heterocycles. The van der Waals surface area contributed by atoms with Gasteiger partial charge in [-0.1, -0.05) is 11.6 Å². The van der Waals surface area contributed by atoms with Crippen molar-refractivity contribution in [2.24, 2.45) is 0 Å². The van der Waals surface area contributed by atoms with Gasteiger partial charge in [-0.15, -0.1) is 0 Å². The van der Waals surface area contributed by atoms with E-state index in [1.54, 1.807) is 30.3 Å². The lowest BCUT2D eigenvalue weighted by Crippen LogP contribution is -2.49. The van der Waals surface area contributed by atoms with Gasteiger partial charge in [0.2, 0.25) is 10.0 Å². The maximum absolute atomic E-state index is 13.3. The molecule has 8 heteroatoms. The molecule has 0 radical (unpaired) electrons. The summed E-state index contributed by atoms with van der Waals surface area (Å²) in [5, 5.41) is 7.52. The predicted molar refractivity (Wildman–Crippen MR) is 99.0 cm³/mol. The van der Waals surface area contributed by atoms with Crippen molar-refractivity contribution in [3.05, 3.63) is 40.7 Å². The van der Waals surface area contributed by atoms with Crippen molar-refractivity contribution in [1.29, 1.82) is 0 Å². The molecule has 26 heavy (non-hydrogen) atoms. The summed E-state index contributed by atoms with van der Waals surface area (Å²) in [6.07, 6.45) is 3.18. The number of nitrogens with one attached hydrogen (secondary N) is 1. The Kier molecular flexibility index (Phi) is 4.49. The number of aryl methyl sites for hydroxylation is 2. The second-order valence-electron chi connectivity index (χ2n) is 7.15. The maximum atomic E-state index is 13.3. The highest BCUT2D eigenvalue weighted by molar-refractivity contribution is 7.89. The first-order chi connectivity index (χ1) is 12.4. The van der Waals surface area contributed by atoms with Gasteiger partial charge in [-0.3, -0.25) is 5.10 Å². The number of hydrogen-bond acceptors (Lipinski definition) is 4. The molecule has 2 fully saturated rings. The summed E-state index contributed by atoms with van der Waals surface area (Å²) in [5.41, 5.74) is 1.13. The number of aromatic amines is 1. The Bertz CT molecular complexity index is 877. The van der Waals surface area contributed by atoms with Crippen molar-refractivity contribution in [2.45, 2.75) is 62.6 Å². The SMILES string of the molecule is Cc1n[nH]c(C)c1S(=O)(=O)N1[C@@H]2CC[C@H]1CC(Oc1ccc(Cl)cc1)C2. The van der Waals surface area contributed by atoms with Crippen LogP contribution >= 0.6 is 11.6 Å². The highest BCUT2D eigenvalue weighted by Crippen LogP contribution is 2.41. The number of nitrogens with zero attached hydrogens (tertiary/aromatic N) is 2. The zero-order chi connectivity index (χ0) is 18.5. The Morgan fingerprint density at radius 1 is 1.15 bits per heavy atom. The summed E-state index contributed by atoms with van der Waals surface area (Å²) in [4.78, 5) is 0.325. The number of piperidine rings is 1. The van der Waals surface area contributed by atoms with Crippen LogP contribution in [-0.4, -0.2) is 41.1 Å². The molecule has 6 nitrogen and oxygen atoms in total. The van der Waals surface area contributed by atoms with Crippen molar-refractivity contribution in [2.75, 3.05) is 0 Å². The zero-order valence-corrected chi connectivity index (χ0v) is 16.3. The van der Waals surface area contributed by atoms with Crippen molar-refractivity contribution >= 4 is 21.6 Å². The summed E-state index contributed by atoms with van der Waals surface area (Å²) in [6, 6.07) is 7.26. The van der Waals surface area contributed by atoms with Gasteiger partial charge in [-0.05, 0) is 51.0 Å². The van der Waals surface area contributed by atoms with Gasteiger partial charge < -0.3 is 4.74 Å². The lowest BCUT2D eigenvalue weighted by Gasteiger charge is -2.37. The van der Waals surface area contributed by atoms with E-state index in [2.05, 4.69) is 10.2 Å². The van der Waals surface area contributed by atoms with Crippen LogP contribution in [0.2, 0.25) is 5.02 Å². The molecule has 3 heterocycles. The molecule has 140 valence electrons. The predicted octanol–water partition coefficient (Wildman–Crippen LogP) is 3.44. The minimum absolute atomic E-state index is 0.0201.